The number of benzene rings is 2. The van der Waals surface area contributed by atoms with Crippen LogP contribution in [0.15, 0.2) is 46.9 Å². The second-order valence-corrected chi connectivity index (χ2v) is 8.08. The predicted molar refractivity (Wildman–Crippen MR) is 111 cm³/mol. The molecule has 0 saturated carbocycles. The first-order valence-corrected chi connectivity index (χ1v) is 10.6. The van der Waals surface area contributed by atoms with E-state index in [9.17, 15) is 17.8 Å². The first-order valence-electron chi connectivity index (χ1n) is 9.21. The number of hydrogen-bond acceptors (Lipinski definition) is 5. The van der Waals surface area contributed by atoms with Crippen LogP contribution in [0.5, 0.6) is 0 Å². The summed E-state index contributed by atoms with van der Waals surface area (Å²) < 4.78 is 45.3. The fourth-order valence-corrected chi connectivity index (χ4v) is 3.82. The van der Waals surface area contributed by atoms with Gasteiger partial charge in [-0.2, -0.15) is 8.42 Å². The molecule has 0 aliphatic carbocycles. The van der Waals surface area contributed by atoms with Gasteiger partial charge in [0.25, 0.3) is 0 Å². The van der Waals surface area contributed by atoms with Gasteiger partial charge in [-0.25, -0.2) is 9.10 Å². The van der Waals surface area contributed by atoms with Gasteiger partial charge in [0.2, 0.25) is 5.76 Å². The number of furan rings is 1. The minimum absolute atomic E-state index is 0.0645. The highest BCUT2D eigenvalue weighted by Gasteiger charge is 2.23. The number of hydrogen-bond donors (Lipinski definition) is 1. The Morgan fingerprint density at radius 2 is 1.83 bits per heavy atom. The van der Waals surface area contributed by atoms with Crippen molar-refractivity contribution in [3.05, 3.63) is 64.9 Å². The van der Waals surface area contributed by atoms with E-state index in [-0.39, 0.29) is 24.6 Å². The Hall–Kier alpha value is -2.84. The lowest BCUT2D eigenvalue weighted by Gasteiger charge is -2.21. The molecule has 1 N–H and O–H groups in total. The molecule has 0 atom stereocenters. The second kappa shape index (κ2) is 8.26. The van der Waals surface area contributed by atoms with Gasteiger partial charge in [-0.05, 0) is 51.0 Å². The van der Waals surface area contributed by atoms with Crippen LogP contribution in [0.25, 0.3) is 11.0 Å². The Morgan fingerprint density at radius 3 is 2.45 bits per heavy atom. The summed E-state index contributed by atoms with van der Waals surface area (Å²) in [6.07, 6.45) is 0.427. The van der Waals surface area contributed by atoms with Crippen LogP contribution in [-0.4, -0.2) is 32.1 Å². The van der Waals surface area contributed by atoms with Gasteiger partial charge >= 0.3 is 16.3 Å². The SMILES string of the molecule is CCOC(=O)c1oc2ccc(N(CCc3ccc(C)cc3)S(=O)(=O)O)cc2c1C. The van der Waals surface area contributed by atoms with Gasteiger partial charge in [-0.1, -0.05) is 29.8 Å². The van der Waals surface area contributed by atoms with Gasteiger partial charge in [0.1, 0.15) is 5.58 Å². The van der Waals surface area contributed by atoms with E-state index in [1.54, 1.807) is 26.0 Å². The average Bonchev–Trinajstić information content (AvgIpc) is 2.99. The fraction of sp³-hybridized carbons (Fsp3) is 0.286. The molecule has 29 heavy (non-hydrogen) atoms. The summed E-state index contributed by atoms with van der Waals surface area (Å²) in [5.74, 6) is -0.495. The molecule has 8 heteroatoms. The maximum Gasteiger partial charge on any atom is 0.374 e. The molecule has 0 aliphatic rings. The van der Waals surface area contributed by atoms with Crippen molar-refractivity contribution in [2.75, 3.05) is 17.5 Å². The topological polar surface area (TPSA) is 97.0 Å². The molecular formula is C21H23NO6S. The van der Waals surface area contributed by atoms with Gasteiger partial charge in [-0.3, -0.25) is 4.55 Å². The van der Waals surface area contributed by atoms with E-state index in [2.05, 4.69) is 0 Å². The quantitative estimate of drug-likeness (QED) is 0.460. The van der Waals surface area contributed by atoms with Gasteiger partial charge < -0.3 is 9.15 Å². The highest BCUT2D eigenvalue weighted by molar-refractivity contribution is 7.87. The van der Waals surface area contributed by atoms with Crippen LogP contribution in [-0.2, 0) is 21.5 Å². The summed E-state index contributed by atoms with van der Waals surface area (Å²) >= 11 is 0. The summed E-state index contributed by atoms with van der Waals surface area (Å²) in [5.41, 5.74) is 3.33. The predicted octanol–water partition coefficient (Wildman–Crippen LogP) is 4.08. The van der Waals surface area contributed by atoms with Crippen molar-refractivity contribution >= 4 is 32.9 Å². The highest BCUT2D eigenvalue weighted by Crippen LogP contribution is 2.30. The molecule has 0 fully saturated rings. The van der Waals surface area contributed by atoms with Crippen LogP contribution in [0.3, 0.4) is 0 Å². The standard InChI is InChI=1S/C21H23NO6S/c1-4-27-21(23)20-15(3)18-13-17(9-10-19(18)28-20)22(29(24,25)26)12-11-16-7-5-14(2)6-8-16/h5-10,13H,4,11-12H2,1-3H3,(H,24,25,26). The Balaban J connectivity index is 1.94. The number of esters is 1. The summed E-state index contributed by atoms with van der Waals surface area (Å²) in [4.78, 5) is 12.0. The first-order chi connectivity index (χ1) is 13.7. The molecule has 0 spiro atoms. The minimum Gasteiger partial charge on any atom is -0.460 e. The van der Waals surface area contributed by atoms with Gasteiger partial charge in [0.15, 0.2) is 0 Å². The number of nitrogens with zero attached hydrogens (tertiary/aromatic N) is 1. The number of carbonyl (C=O) groups is 1. The summed E-state index contributed by atoms with van der Waals surface area (Å²) in [6, 6.07) is 12.4. The molecule has 1 heterocycles. The lowest BCUT2D eigenvalue weighted by atomic mass is 10.1. The average molecular weight is 417 g/mol. The lowest BCUT2D eigenvalue weighted by molar-refractivity contribution is 0.0491. The van der Waals surface area contributed by atoms with E-state index in [0.29, 0.717) is 23.0 Å². The Morgan fingerprint density at radius 1 is 1.14 bits per heavy atom. The molecule has 0 aliphatic heterocycles. The second-order valence-electron chi connectivity index (χ2n) is 6.74. The Kier molecular flexibility index (Phi) is 5.95. The zero-order valence-electron chi connectivity index (χ0n) is 16.5. The Labute approximate surface area is 169 Å². The smallest absolute Gasteiger partial charge is 0.374 e. The molecule has 0 radical (unpaired) electrons. The monoisotopic (exact) mass is 417 g/mol. The van der Waals surface area contributed by atoms with Gasteiger partial charge in [0, 0.05) is 17.5 Å². The number of carbonyl (C=O) groups excluding carboxylic acids is 1. The summed E-state index contributed by atoms with van der Waals surface area (Å²) in [7, 11) is -4.48. The van der Waals surface area contributed by atoms with Crippen LogP contribution in [0.1, 0.15) is 34.2 Å². The summed E-state index contributed by atoms with van der Waals surface area (Å²) in [6.45, 7) is 5.66. The summed E-state index contributed by atoms with van der Waals surface area (Å²) in [5, 5.41) is 0.578. The van der Waals surface area contributed by atoms with Crippen LogP contribution >= 0.6 is 0 Å². The lowest BCUT2D eigenvalue weighted by Crippen LogP contribution is -2.32. The van der Waals surface area contributed by atoms with Crippen LogP contribution in [0.2, 0.25) is 0 Å². The van der Waals surface area contributed by atoms with Crippen molar-refractivity contribution in [2.45, 2.75) is 27.2 Å². The van der Waals surface area contributed by atoms with E-state index in [1.165, 1.54) is 6.07 Å². The molecule has 7 nitrogen and oxygen atoms in total. The highest BCUT2D eigenvalue weighted by atomic mass is 32.2. The van der Waals surface area contributed by atoms with Crippen molar-refractivity contribution in [1.82, 2.24) is 0 Å². The molecule has 2 aromatic carbocycles. The van der Waals surface area contributed by atoms with Crippen molar-refractivity contribution in [3.8, 4) is 0 Å². The minimum atomic E-state index is -4.48. The number of fused-ring (bicyclic) bond motifs is 1. The molecule has 0 amide bonds. The molecule has 0 unspecified atom stereocenters. The fourth-order valence-electron chi connectivity index (χ4n) is 3.12. The molecule has 0 bridgehead atoms. The van der Waals surface area contributed by atoms with E-state index in [1.807, 2.05) is 31.2 Å². The van der Waals surface area contributed by atoms with Gasteiger partial charge in [-0.15, -0.1) is 0 Å². The third-order valence-electron chi connectivity index (χ3n) is 4.67. The van der Waals surface area contributed by atoms with Crippen molar-refractivity contribution in [2.24, 2.45) is 0 Å². The van der Waals surface area contributed by atoms with Crippen LogP contribution < -0.4 is 4.31 Å². The molecule has 0 saturated heterocycles. The zero-order chi connectivity index (χ0) is 21.2. The molecule has 1 aromatic heterocycles. The number of rotatable bonds is 7. The number of ether oxygens (including phenoxy) is 1. The van der Waals surface area contributed by atoms with Crippen molar-refractivity contribution in [3.63, 3.8) is 0 Å². The van der Waals surface area contributed by atoms with E-state index in [0.717, 1.165) is 15.4 Å². The van der Waals surface area contributed by atoms with Crippen LogP contribution in [0.4, 0.5) is 5.69 Å². The number of anilines is 1. The molecular weight excluding hydrogens is 394 g/mol. The van der Waals surface area contributed by atoms with E-state index < -0.39 is 16.3 Å². The van der Waals surface area contributed by atoms with Gasteiger partial charge in [0.05, 0.1) is 12.3 Å². The molecule has 3 rings (SSSR count). The van der Waals surface area contributed by atoms with Crippen molar-refractivity contribution in [1.29, 1.82) is 0 Å². The van der Waals surface area contributed by atoms with E-state index >= 15 is 0 Å². The first kappa shape index (κ1) is 20.9. The largest absolute Gasteiger partial charge is 0.460 e. The van der Waals surface area contributed by atoms with Crippen LogP contribution in [0, 0.1) is 13.8 Å². The zero-order valence-corrected chi connectivity index (χ0v) is 17.3. The third kappa shape index (κ3) is 4.60. The third-order valence-corrected chi connectivity index (χ3v) is 5.62. The van der Waals surface area contributed by atoms with Crippen molar-refractivity contribution < 1.29 is 26.9 Å². The Bertz CT molecular complexity index is 1130. The maximum absolute atomic E-state index is 12.0. The number of aryl methyl sites for hydroxylation is 2. The van der Waals surface area contributed by atoms with E-state index in [4.69, 9.17) is 9.15 Å². The normalized spacial score (nSPS) is 11.6. The molecule has 154 valence electrons. The maximum atomic E-state index is 12.0. The molecule has 3 aromatic rings.